The van der Waals surface area contributed by atoms with Gasteiger partial charge in [0.15, 0.2) is 5.58 Å². The summed E-state index contributed by atoms with van der Waals surface area (Å²) >= 11 is 5.91. The molecule has 1 N–H and O–H groups in total. The molecule has 1 amide bonds. The van der Waals surface area contributed by atoms with Crippen molar-refractivity contribution in [1.82, 2.24) is 4.98 Å². The number of amides is 1. The zero-order chi connectivity index (χ0) is 21.3. The van der Waals surface area contributed by atoms with Crippen molar-refractivity contribution in [3.63, 3.8) is 0 Å². The van der Waals surface area contributed by atoms with E-state index in [1.807, 2.05) is 43.3 Å². The molecule has 3 aromatic carbocycles. The molecule has 0 fully saturated rings. The molecule has 0 saturated heterocycles. The van der Waals surface area contributed by atoms with Crippen LogP contribution in [-0.4, -0.2) is 10.9 Å². The van der Waals surface area contributed by atoms with Gasteiger partial charge in [-0.3, -0.25) is 4.79 Å². The zero-order valence-electron chi connectivity index (χ0n) is 17.2. The number of carbonyl (C=O) groups is 1. The number of carbonyl (C=O) groups excluding carboxylic acids is 1. The lowest BCUT2D eigenvalue weighted by atomic mass is 10.0. The molecule has 152 valence electrons. The van der Waals surface area contributed by atoms with E-state index in [1.165, 1.54) is 5.56 Å². The van der Waals surface area contributed by atoms with Crippen LogP contribution in [0.2, 0.25) is 5.02 Å². The highest BCUT2D eigenvalue weighted by molar-refractivity contribution is 6.30. The van der Waals surface area contributed by atoms with Crippen LogP contribution in [0.4, 0.5) is 5.69 Å². The van der Waals surface area contributed by atoms with Crippen LogP contribution in [-0.2, 0) is 11.2 Å². The maximum absolute atomic E-state index is 12.5. The van der Waals surface area contributed by atoms with Crippen molar-refractivity contribution in [2.75, 3.05) is 5.32 Å². The van der Waals surface area contributed by atoms with Crippen molar-refractivity contribution < 1.29 is 9.21 Å². The van der Waals surface area contributed by atoms with Crippen LogP contribution in [0.1, 0.15) is 36.5 Å². The normalized spacial score (nSPS) is 11.2. The van der Waals surface area contributed by atoms with Crippen molar-refractivity contribution in [2.45, 2.75) is 33.1 Å². The summed E-state index contributed by atoms with van der Waals surface area (Å²) in [6, 6.07) is 19.2. The topological polar surface area (TPSA) is 55.1 Å². The van der Waals surface area contributed by atoms with Crippen LogP contribution in [0.3, 0.4) is 0 Å². The molecule has 0 aliphatic rings. The van der Waals surface area contributed by atoms with Crippen molar-refractivity contribution in [3.8, 4) is 11.5 Å². The summed E-state index contributed by atoms with van der Waals surface area (Å²) in [5.41, 5.74) is 6.27. The Bertz CT molecular complexity index is 1210. The van der Waals surface area contributed by atoms with Gasteiger partial charge in [0.25, 0.3) is 0 Å². The first kappa shape index (κ1) is 20.2. The molecule has 0 spiro atoms. The van der Waals surface area contributed by atoms with E-state index in [-0.39, 0.29) is 12.3 Å². The van der Waals surface area contributed by atoms with Crippen LogP contribution in [0.25, 0.3) is 22.6 Å². The summed E-state index contributed by atoms with van der Waals surface area (Å²) < 4.78 is 5.96. The predicted molar refractivity (Wildman–Crippen MR) is 122 cm³/mol. The lowest BCUT2D eigenvalue weighted by Crippen LogP contribution is -2.15. The molecule has 0 radical (unpaired) electrons. The third-order valence-electron chi connectivity index (χ3n) is 5.11. The SMILES string of the molecule is Cc1ccc(-c2nc3cc(C(C)C)ccc3o2)cc1NC(=O)Cc1ccc(Cl)cc1. The van der Waals surface area contributed by atoms with Gasteiger partial charge in [0.2, 0.25) is 11.8 Å². The Hall–Kier alpha value is -3.11. The van der Waals surface area contributed by atoms with Gasteiger partial charge in [0.1, 0.15) is 5.52 Å². The molecule has 0 atom stereocenters. The maximum atomic E-state index is 12.5. The Kier molecular flexibility index (Phi) is 5.60. The number of aryl methyl sites for hydroxylation is 1. The van der Waals surface area contributed by atoms with Gasteiger partial charge in [-0.25, -0.2) is 4.98 Å². The minimum Gasteiger partial charge on any atom is -0.436 e. The second-order valence-corrected chi connectivity index (χ2v) is 8.22. The molecule has 4 aromatic rings. The quantitative estimate of drug-likeness (QED) is 0.389. The number of hydrogen-bond donors (Lipinski definition) is 1. The summed E-state index contributed by atoms with van der Waals surface area (Å²) in [6.45, 7) is 6.27. The van der Waals surface area contributed by atoms with E-state index in [2.05, 4.69) is 36.3 Å². The fourth-order valence-electron chi connectivity index (χ4n) is 3.30. The number of anilines is 1. The van der Waals surface area contributed by atoms with E-state index in [9.17, 15) is 4.79 Å². The van der Waals surface area contributed by atoms with E-state index in [0.29, 0.717) is 16.8 Å². The number of aromatic nitrogens is 1. The van der Waals surface area contributed by atoms with Crippen LogP contribution >= 0.6 is 11.6 Å². The smallest absolute Gasteiger partial charge is 0.228 e. The minimum atomic E-state index is -0.0864. The van der Waals surface area contributed by atoms with Gasteiger partial charge >= 0.3 is 0 Å². The zero-order valence-corrected chi connectivity index (χ0v) is 18.0. The van der Waals surface area contributed by atoms with Gasteiger partial charge in [-0.05, 0) is 65.9 Å². The van der Waals surface area contributed by atoms with Crippen molar-refractivity contribution in [1.29, 1.82) is 0 Å². The van der Waals surface area contributed by atoms with Gasteiger partial charge in [0, 0.05) is 16.3 Å². The largest absolute Gasteiger partial charge is 0.436 e. The van der Waals surface area contributed by atoms with Gasteiger partial charge in [-0.15, -0.1) is 0 Å². The Labute approximate surface area is 180 Å². The number of nitrogens with zero attached hydrogens (tertiary/aromatic N) is 1. The highest BCUT2D eigenvalue weighted by Gasteiger charge is 2.13. The Balaban J connectivity index is 1.57. The molecule has 5 heteroatoms. The number of hydrogen-bond acceptors (Lipinski definition) is 3. The van der Waals surface area contributed by atoms with E-state index in [0.717, 1.165) is 33.5 Å². The van der Waals surface area contributed by atoms with Crippen molar-refractivity contribution in [2.24, 2.45) is 0 Å². The molecule has 0 aliphatic carbocycles. The molecule has 0 bridgehead atoms. The molecule has 0 saturated carbocycles. The number of fused-ring (bicyclic) bond motifs is 1. The lowest BCUT2D eigenvalue weighted by Gasteiger charge is -2.10. The van der Waals surface area contributed by atoms with E-state index in [1.54, 1.807) is 12.1 Å². The summed E-state index contributed by atoms with van der Waals surface area (Å²) in [7, 11) is 0. The van der Waals surface area contributed by atoms with Crippen molar-refractivity contribution in [3.05, 3.63) is 82.4 Å². The Morgan fingerprint density at radius 3 is 2.57 bits per heavy atom. The molecule has 0 aliphatic heterocycles. The second-order valence-electron chi connectivity index (χ2n) is 7.78. The Morgan fingerprint density at radius 1 is 1.07 bits per heavy atom. The van der Waals surface area contributed by atoms with Crippen LogP contribution in [0, 0.1) is 6.92 Å². The second kappa shape index (κ2) is 8.33. The molecule has 30 heavy (non-hydrogen) atoms. The predicted octanol–water partition coefficient (Wildman–Crippen LogP) is 6.76. The van der Waals surface area contributed by atoms with Gasteiger partial charge in [0.05, 0.1) is 6.42 Å². The minimum absolute atomic E-state index is 0.0864. The first-order valence-corrected chi connectivity index (χ1v) is 10.3. The number of oxazole rings is 1. The van der Waals surface area contributed by atoms with Gasteiger partial charge < -0.3 is 9.73 Å². The molecule has 1 heterocycles. The van der Waals surface area contributed by atoms with Crippen LogP contribution in [0.5, 0.6) is 0 Å². The fraction of sp³-hybridized carbons (Fsp3) is 0.200. The van der Waals surface area contributed by atoms with E-state index < -0.39 is 0 Å². The molecule has 1 aromatic heterocycles. The first-order chi connectivity index (χ1) is 14.4. The average Bonchev–Trinajstić information content (AvgIpc) is 3.14. The molecule has 0 unspecified atom stereocenters. The van der Waals surface area contributed by atoms with E-state index >= 15 is 0 Å². The monoisotopic (exact) mass is 418 g/mol. The van der Waals surface area contributed by atoms with Crippen LogP contribution < -0.4 is 5.32 Å². The summed E-state index contributed by atoms with van der Waals surface area (Å²) in [6.07, 6.45) is 0.279. The highest BCUT2D eigenvalue weighted by atomic mass is 35.5. The van der Waals surface area contributed by atoms with Crippen molar-refractivity contribution >= 4 is 34.3 Å². The first-order valence-electron chi connectivity index (χ1n) is 9.95. The third-order valence-corrected chi connectivity index (χ3v) is 5.37. The van der Waals surface area contributed by atoms with E-state index in [4.69, 9.17) is 16.0 Å². The molecular formula is C25H23ClN2O2. The van der Waals surface area contributed by atoms with Crippen LogP contribution in [0.15, 0.2) is 65.1 Å². The molecule has 4 nitrogen and oxygen atoms in total. The maximum Gasteiger partial charge on any atom is 0.228 e. The summed E-state index contributed by atoms with van der Waals surface area (Å²) in [4.78, 5) is 17.2. The summed E-state index contributed by atoms with van der Waals surface area (Å²) in [5, 5.41) is 3.65. The Morgan fingerprint density at radius 2 is 1.83 bits per heavy atom. The van der Waals surface area contributed by atoms with Gasteiger partial charge in [-0.2, -0.15) is 0 Å². The highest BCUT2D eigenvalue weighted by Crippen LogP contribution is 2.29. The lowest BCUT2D eigenvalue weighted by molar-refractivity contribution is -0.115. The standard InChI is InChI=1S/C25H23ClN2O2/c1-15(2)18-8-11-23-22(13-18)28-25(30-23)19-7-4-16(3)21(14-19)27-24(29)12-17-5-9-20(26)10-6-17/h4-11,13-15H,12H2,1-3H3,(H,27,29). The molecule has 4 rings (SSSR count). The fourth-order valence-corrected chi connectivity index (χ4v) is 3.42. The number of rotatable bonds is 5. The van der Waals surface area contributed by atoms with Gasteiger partial charge in [-0.1, -0.05) is 49.7 Å². The number of benzene rings is 3. The summed E-state index contributed by atoms with van der Waals surface area (Å²) in [5.74, 6) is 0.882. The average molecular weight is 419 g/mol. The number of halogens is 1. The third kappa shape index (κ3) is 4.39. The number of nitrogens with one attached hydrogen (secondary N) is 1. The molecular weight excluding hydrogens is 396 g/mol.